The van der Waals surface area contributed by atoms with Crippen molar-refractivity contribution >= 4 is 33.6 Å². The van der Waals surface area contributed by atoms with Gasteiger partial charge in [-0.05, 0) is 43.5 Å². The molecular formula is C15H22BrN3O2. The monoisotopic (exact) mass is 355 g/mol. The molecule has 116 valence electrons. The van der Waals surface area contributed by atoms with Gasteiger partial charge in [-0.25, -0.2) is 4.79 Å². The fourth-order valence-corrected chi connectivity index (χ4v) is 2.35. The van der Waals surface area contributed by atoms with Crippen molar-refractivity contribution in [2.75, 3.05) is 5.32 Å². The Kier molecular flexibility index (Phi) is 6.68. The Labute approximate surface area is 133 Å². The van der Waals surface area contributed by atoms with Crippen LogP contribution < -0.4 is 16.4 Å². The van der Waals surface area contributed by atoms with E-state index >= 15 is 0 Å². The van der Waals surface area contributed by atoms with E-state index in [1.165, 1.54) is 0 Å². The lowest BCUT2D eigenvalue weighted by Crippen LogP contribution is -2.45. The van der Waals surface area contributed by atoms with E-state index in [1.807, 2.05) is 26.0 Å². The molecule has 21 heavy (non-hydrogen) atoms. The first-order valence-electron chi connectivity index (χ1n) is 6.92. The van der Waals surface area contributed by atoms with Crippen molar-refractivity contribution in [2.24, 2.45) is 17.6 Å². The highest BCUT2D eigenvalue weighted by Crippen LogP contribution is 2.16. The number of rotatable bonds is 6. The Morgan fingerprint density at radius 3 is 2.24 bits per heavy atom. The minimum atomic E-state index is -0.389. The van der Waals surface area contributed by atoms with E-state index in [-0.39, 0.29) is 23.9 Å². The van der Waals surface area contributed by atoms with Gasteiger partial charge in [0.2, 0.25) is 5.91 Å². The molecule has 5 nitrogen and oxygen atoms in total. The number of hydrogen-bond donors (Lipinski definition) is 3. The number of nitrogens with one attached hydrogen (secondary N) is 2. The van der Waals surface area contributed by atoms with E-state index < -0.39 is 0 Å². The lowest BCUT2D eigenvalue weighted by Gasteiger charge is -2.24. The van der Waals surface area contributed by atoms with Crippen molar-refractivity contribution in [3.63, 3.8) is 0 Å². The van der Waals surface area contributed by atoms with E-state index in [2.05, 4.69) is 26.6 Å². The summed E-state index contributed by atoms with van der Waals surface area (Å²) in [5.74, 6) is -0.429. The number of anilines is 1. The number of primary amides is 1. The van der Waals surface area contributed by atoms with Gasteiger partial charge in [0.25, 0.3) is 0 Å². The number of carbonyl (C=O) groups excluding carboxylic acids is 2. The second-order valence-electron chi connectivity index (χ2n) is 5.53. The van der Waals surface area contributed by atoms with Gasteiger partial charge in [0.05, 0.1) is 5.92 Å². The van der Waals surface area contributed by atoms with Gasteiger partial charge in [-0.2, -0.15) is 0 Å². The number of urea groups is 1. The predicted octanol–water partition coefficient (Wildman–Crippen LogP) is 3.11. The number of carbonyl (C=O) groups is 2. The lowest BCUT2D eigenvalue weighted by atomic mass is 9.91. The molecule has 0 aliphatic carbocycles. The molecule has 0 fully saturated rings. The number of nitrogens with two attached hydrogens (primary N) is 1. The zero-order valence-electron chi connectivity index (χ0n) is 12.5. The molecular weight excluding hydrogens is 334 g/mol. The SMILES string of the molecule is CC(C)CC(C(N)=O)C(C)NC(=O)Nc1ccc(Br)cc1. The summed E-state index contributed by atoms with van der Waals surface area (Å²) >= 11 is 3.33. The Balaban J connectivity index is 2.59. The van der Waals surface area contributed by atoms with Crippen molar-refractivity contribution < 1.29 is 9.59 Å². The average Bonchev–Trinajstić information content (AvgIpc) is 2.38. The van der Waals surface area contributed by atoms with E-state index in [4.69, 9.17) is 5.73 Å². The highest BCUT2D eigenvalue weighted by molar-refractivity contribution is 9.10. The van der Waals surface area contributed by atoms with Crippen LogP contribution in [0.2, 0.25) is 0 Å². The Bertz CT molecular complexity index is 488. The van der Waals surface area contributed by atoms with Crippen LogP contribution in [0.5, 0.6) is 0 Å². The molecule has 0 heterocycles. The van der Waals surface area contributed by atoms with E-state index in [9.17, 15) is 9.59 Å². The molecule has 1 rings (SSSR count). The van der Waals surface area contributed by atoms with Crippen LogP contribution in [0.3, 0.4) is 0 Å². The molecule has 3 amide bonds. The van der Waals surface area contributed by atoms with Crippen LogP contribution in [0.1, 0.15) is 27.2 Å². The summed E-state index contributed by atoms with van der Waals surface area (Å²) < 4.78 is 0.938. The first kappa shape index (κ1) is 17.5. The second-order valence-corrected chi connectivity index (χ2v) is 6.45. The third-order valence-electron chi connectivity index (χ3n) is 3.16. The maximum Gasteiger partial charge on any atom is 0.319 e. The van der Waals surface area contributed by atoms with E-state index in [1.54, 1.807) is 19.1 Å². The topological polar surface area (TPSA) is 84.2 Å². The minimum Gasteiger partial charge on any atom is -0.369 e. The molecule has 0 aliphatic rings. The summed E-state index contributed by atoms with van der Waals surface area (Å²) in [7, 11) is 0. The summed E-state index contributed by atoms with van der Waals surface area (Å²) in [6.45, 7) is 5.83. The maximum absolute atomic E-state index is 11.9. The zero-order valence-corrected chi connectivity index (χ0v) is 14.1. The zero-order chi connectivity index (χ0) is 16.0. The molecule has 0 aliphatic heterocycles. The summed E-state index contributed by atoms with van der Waals surface area (Å²) in [5, 5.41) is 5.49. The summed E-state index contributed by atoms with van der Waals surface area (Å²) in [4.78, 5) is 23.4. The fourth-order valence-electron chi connectivity index (χ4n) is 2.08. The molecule has 1 aromatic rings. The van der Waals surface area contributed by atoms with Gasteiger partial charge < -0.3 is 16.4 Å². The third kappa shape index (κ3) is 6.16. The quantitative estimate of drug-likeness (QED) is 0.732. The number of halogens is 1. The molecule has 0 radical (unpaired) electrons. The van der Waals surface area contributed by atoms with Crippen molar-refractivity contribution in [2.45, 2.75) is 33.2 Å². The van der Waals surface area contributed by atoms with Crippen molar-refractivity contribution in [3.05, 3.63) is 28.7 Å². The average molecular weight is 356 g/mol. The summed E-state index contributed by atoms with van der Waals surface area (Å²) in [6, 6.07) is 6.58. The summed E-state index contributed by atoms with van der Waals surface area (Å²) in [5.41, 5.74) is 6.10. The Hall–Kier alpha value is -1.56. The van der Waals surface area contributed by atoms with Gasteiger partial charge in [-0.3, -0.25) is 4.79 Å². The molecule has 0 saturated carbocycles. The first-order valence-corrected chi connectivity index (χ1v) is 7.71. The number of amides is 3. The van der Waals surface area contributed by atoms with Gasteiger partial charge in [-0.1, -0.05) is 29.8 Å². The minimum absolute atomic E-state index is 0.319. The summed E-state index contributed by atoms with van der Waals surface area (Å²) in [6.07, 6.45) is 0.648. The van der Waals surface area contributed by atoms with Crippen molar-refractivity contribution in [3.8, 4) is 0 Å². The largest absolute Gasteiger partial charge is 0.369 e. The third-order valence-corrected chi connectivity index (χ3v) is 3.68. The number of hydrogen-bond acceptors (Lipinski definition) is 2. The van der Waals surface area contributed by atoms with E-state index in [0.717, 1.165) is 4.47 Å². The normalized spacial score (nSPS) is 13.6. The van der Waals surface area contributed by atoms with Crippen LogP contribution in [-0.4, -0.2) is 18.0 Å². The molecule has 1 aromatic carbocycles. The van der Waals surface area contributed by atoms with Crippen molar-refractivity contribution in [1.82, 2.24) is 5.32 Å². The molecule has 0 saturated heterocycles. The van der Waals surface area contributed by atoms with Gasteiger partial charge in [0.15, 0.2) is 0 Å². The molecule has 2 unspecified atom stereocenters. The van der Waals surface area contributed by atoms with Gasteiger partial charge >= 0.3 is 6.03 Å². The predicted molar refractivity (Wildman–Crippen MR) is 87.9 cm³/mol. The van der Waals surface area contributed by atoms with Crippen LogP contribution in [0.25, 0.3) is 0 Å². The van der Waals surface area contributed by atoms with Crippen molar-refractivity contribution in [1.29, 1.82) is 0 Å². The Morgan fingerprint density at radius 2 is 1.76 bits per heavy atom. The number of benzene rings is 1. The highest BCUT2D eigenvalue weighted by atomic mass is 79.9. The molecule has 0 spiro atoms. The second kappa shape index (κ2) is 8.02. The van der Waals surface area contributed by atoms with Crippen LogP contribution >= 0.6 is 15.9 Å². The van der Waals surface area contributed by atoms with Gasteiger partial charge in [0.1, 0.15) is 0 Å². The van der Waals surface area contributed by atoms with Gasteiger partial charge in [-0.15, -0.1) is 0 Å². The van der Waals surface area contributed by atoms with Crippen LogP contribution in [0, 0.1) is 11.8 Å². The van der Waals surface area contributed by atoms with E-state index in [0.29, 0.717) is 18.0 Å². The first-order chi connectivity index (χ1) is 9.79. The smallest absolute Gasteiger partial charge is 0.319 e. The van der Waals surface area contributed by atoms with Crippen LogP contribution in [-0.2, 0) is 4.79 Å². The van der Waals surface area contributed by atoms with Crippen LogP contribution in [0.15, 0.2) is 28.7 Å². The van der Waals surface area contributed by atoms with Crippen LogP contribution in [0.4, 0.5) is 10.5 Å². The molecule has 4 N–H and O–H groups in total. The highest BCUT2D eigenvalue weighted by Gasteiger charge is 2.25. The Morgan fingerprint density at radius 1 is 1.19 bits per heavy atom. The standard InChI is InChI=1S/C15H22BrN3O2/c1-9(2)8-13(14(17)20)10(3)18-15(21)19-12-6-4-11(16)5-7-12/h4-7,9-10,13H,8H2,1-3H3,(H2,17,20)(H2,18,19,21). The lowest BCUT2D eigenvalue weighted by molar-refractivity contribution is -0.122. The maximum atomic E-state index is 11.9. The molecule has 6 heteroatoms. The fraction of sp³-hybridized carbons (Fsp3) is 0.467. The molecule has 0 bridgehead atoms. The van der Waals surface area contributed by atoms with Gasteiger partial charge in [0, 0.05) is 16.2 Å². The molecule has 2 atom stereocenters. The molecule has 0 aromatic heterocycles.